The van der Waals surface area contributed by atoms with E-state index in [-0.39, 0.29) is 0 Å². The Morgan fingerprint density at radius 2 is 1.80 bits per heavy atom. The lowest BCUT2D eigenvalue weighted by Crippen LogP contribution is -2.21. The summed E-state index contributed by atoms with van der Waals surface area (Å²) >= 11 is 5.79. The second kappa shape index (κ2) is 4.35. The fourth-order valence-corrected chi connectivity index (χ4v) is 1.57. The predicted octanol–water partition coefficient (Wildman–Crippen LogP) is 3.12. The Morgan fingerprint density at radius 1 is 1.20 bits per heavy atom. The molecule has 0 aliphatic carbocycles. The summed E-state index contributed by atoms with van der Waals surface area (Å²) in [7, 11) is 0. The largest absolute Gasteiger partial charge is 0.344 e. The highest BCUT2D eigenvalue weighted by Crippen LogP contribution is 2.21. The molecule has 0 radical (unpaired) electrons. The number of ether oxygens (including phenoxy) is 2. The molecule has 3 heteroatoms. The van der Waals surface area contributed by atoms with Crippen LogP contribution in [-0.4, -0.2) is 19.0 Å². The first-order chi connectivity index (χ1) is 7.18. The number of halogens is 1. The van der Waals surface area contributed by atoms with Gasteiger partial charge in [0.15, 0.2) is 5.79 Å². The van der Waals surface area contributed by atoms with E-state index in [1.54, 1.807) is 0 Å². The highest BCUT2D eigenvalue weighted by atomic mass is 35.5. The van der Waals surface area contributed by atoms with Gasteiger partial charge < -0.3 is 9.47 Å². The summed E-state index contributed by atoms with van der Waals surface area (Å²) in [6.45, 7) is 3.22. The molecule has 1 aliphatic heterocycles. The molecule has 0 aromatic heterocycles. The molecule has 80 valence electrons. The lowest BCUT2D eigenvalue weighted by molar-refractivity contribution is -0.0990. The Morgan fingerprint density at radius 3 is 2.40 bits per heavy atom. The second-order valence-electron chi connectivity index (χ2n) is 3.60. The van der Waals surface area contributed by atoms with Crippen LogP contribution in [0.5, 0.6) is 0 Å². The van der Waals surface area contributed by atoms with Crippen molar-refractivity contribution >= 4 is 17.7 Å². The summed E-state index contributed by atoms with van der Waals surface area (Å²) in [5, 5.41) is 0.742. The van der Waals surface area contributed by atoms with Gasteiger partial charge in [0, 0.05) is 5.02 Å². The summed E-state index contributed by atoms with van der Waals surface area (Å²) < 4.78 is 10.9. The Balaban J connectivity index is 2.07. The highest BCUT2D eigenvalue weighted by molar-refractivity contribution is 6.30. The molecule has 0 unspecified atom stereocenters. The first kappa shape index (κ1) is 10.7. The highest BCUT2D eigenvalue weighted by Gasteiger charge is 2.27. The molecule has 1 aromatic rings. The molecule has 0 saturated carbocycles. The molecular formula is C12H13ClO2. The van der Waals surface area contributed by atoms with Crippen molar-refractivity contribution in [2.45, 2.75) is 12.7 Å². The molecule has 2 nitrogen and oxygen atoms in total. The maximum atomic E-state index is 5.79. The molecule has 1 aliphatic rings. The van der Waals surface area contributed by atoms with Crippen LogP contribution in [0.4, 0.5) is 0 Å². The van der Waals surface area contributed by atoms with Crippen molar-refractivity contribution < 1.29 is 9.47 Å². The Bertz CT molecular complexity index is 350. The topological polar surface area (TPSA) is 18.5 Å². The monoisotopic (exact) mass is 224 g/mol. The van der Waals surface area contributed by atoms with Crippen LogP contribution in [0, 0.1) is 0 Å². The summed E-state index contributed by atoms with van der Waals surface area (Å²) in [6, 6.07) is 7.63. The first-order valence-electron chi connectivity index (χ1n) is 4.91. The molecule has 1 fully saturated rings. The van der Waals surface area contributed by atoms with E-state index in [0.717, 1.165) is 10.6 Å². The molecule has 1 heterocycles. The van der Waals surface area contributed by atoms with Gasteiger partial charge in [0.25, 0.3) is 0 Å². The predicted molar refractivity (Wildman–Crippen MR) is 60.8 cm³/mol. The minimum absolute atomic E-state index is 0.570. The van der Waals surface area contributed by atoms with Crippen molar-refractivity contribution in [1.82, 2.24) is 0 Å². The minimum atomic E-state index is -0.570. The molecule has 0 atom stereocenters. The molecule has 1 saturated heterocycles. The van der Waals surface area contributed by atoms with Crippen LogP contribution in [0.2, 0.25) is 5.02 Å². The van der Waals surface area contributed by atoms with E-state index in [1.165, 1.54) is 0 Å². The van der Waals surface area contributed by atoms with Crippen LogP contribution in [0.1, 0.15) is 12.5 Å². The zero-order chi connectivity index (χ0) is 10.7. The van der Waals surface area contributed by atoms with Gasteiger partial charge in [-0.1, -0.05) is 29.8 Å². The smallest absolute Gasteiger partial charge is 0.185 e. The molecule has 0 spiro atoms. The van der Waals surface area contributed by atoms with Crippen LogP contribution >= 0.6 is 11.6 Å². The maximum absolute atomic E-state index is 5.79. The third kappa shape index (κ3) is 2.81. The molecule has 2 rings (SSSR count). The summed E-state index contributed by atoms with van der Waals surface area (Å²) in [6.07, 6.45) is 3.89. The van der Waals surface area contributed by atoms with E-state index < -0.39 is 5.79 Å². The van der Waals surface area contributed by atoms with E-state index in [2.05, 4.69) is 0 Å². The Kier molecular flexibility index (Phi) is 3.10. The maximum Gasteiger partial charge on any atom is 0.185 e. The van der Waals surface area contributed by atoms with Gasteiger partial charge in [0.1, 0.15) is 0 Å². The summed E-state index contributed by atoms with van der Waals surface area (Å²) in [4.78, 5) is 0. The average molecular weight is 225 g/mol. The fourth-order valence-electron chi connectivity index (χ4n) is 1.45. The minimum Gasteiger partial charge on any atom is -0.344 e. The van der Waals surface area contributed by atoms with Crippen molar-refractivity contribution in [2.24, 2.45) is 0 Å². The van der Waals surface area contributed by atoms with Gasteiger partial charge in [-0.3, -0.25) is 0 Å². The molecule has 0 amide bonds. The average Bonchev–Trinajstić information content (AvgIpc) is 2.65. The quantitative estimate of drug-likeness (QED) is 0.769. The second-order valence-corrected chi connectivity index (χ2v) is 4.03. The van der Waals surface area contributed by atoms with Gasteiger partial charge >= 0.3 is 0 Å². The number of hydrogen-bond donors (Lipinski definition) is 0. The van der Waals surface area contributed by atoms with Gasteiger partial charge in [0.2, 0.25) is 0 Å². The first-order valence-corrected chi connectivity index (χ1v) is 5.28. The number of benzene rings is 1. The standard InChI is InChI=1S/C12H13ClO2/c1-12(14-8-9-15-12)7-6-10-2-4-11(13)5-3-10/h2-7H,8-9H2,1H3. The van der Waals surface area contributed by atoms with Gasteiger partial charge in [0.05, 0.1) is 13.2 Å². The normalized spacial score (nSPS) is 19.9. The van der Waals surface area contributed by atoms with Crippen molar-refractivity contribution in [3.8, 4) is 0 Å². The fraction of sp³-hybridized carbons (Fsp3) is 0.333. The van der Waals surface area contributed by atoms with Crippen LogP contribution in [0.25, 0.3) is 6.08 Å². The van der Waals surface area contributed by atoms with Crippen LogP contribution in [-0.2, 0) is 9.47 Å². The molecule has 0 bridgehead atoms. The van der Waals surface area contributed by atoms with Crippen LogP contribution < -0.4 is 0 Å². The summed E-state index contributed by atoms with van der Waals surface area (Å²) in [5.74, 6) is -0.570. The molecular weight excluding hydrogens is 212 g/mol. The van der Waals surface area contributed by atoms with Gasteiger partial charge in [-0.2, -0.15) is 0 Å². The third-order valence-corrected chi connectivity index (χ3v) is 2.56. The van der Waals surface area contributed by atoms with E-state index >= 15 is 0 Å². The summed E-state index contributed by atoms with van der Waals surface area (Å²) in [5.41, 5.74) is 1.08. The lowest BCUT2D eigenvalue weighted by atomic mass is 10.2. The molecule has 1 aromatic carbocycles. The van der Waals surface area contributed by atoms with Crippen LogP contribution in [0.15, 0.2) is 30.3 Å². The SMILES string of the molecule is CC1(C=Cc2ccc(Cl)cc2)OCCO1. The van der Waals surface area contributed by atoms with E-state index in [4.69, 9.17) is 21.1 Å². The van der Waals surface area contributed by atoms with Gasteiger partial charge in [-0.05, 0) is 30.7 Å². The van der Waals surface area contributed by atoms with Crippen molar-refractivity contribution in [2.75, 3.05) is 13.2 Å². The van der Waals surface area contributed by atoms with E-state index in [0.29, 0.717) is 13.2 Å². The van der Waals surface area contributed by atoms with Gasteiger partial charge in [-0.15, -0.1) is 0 Å². The van der Waals surface area contributed by atoms with E-state index in [1.807, 2.05) is 43.3 Å². The van der Waals surface area contributed by atoms with E-state index in [9.17, 15) is 0 Å². The number of rotatable bonds is 2. The molecule has 15 heavy (non-hydrogen) atoms. The van der Waals surface area contributed by atoms with Crippen molar-refractivity contribution in [1.29, 1.82) is 0 Å². The van der Waals surface area contributed by atoms with Crippen molar-refractivity contribution in [3.63, 3.8) is 0 Å². The third-order valence-electron chi connectivity index (χ3n) is 2.31. The Labute approximate surface area is 94.5 Å². The molecule has 0 N–H and O–H groups in total. The Hall–Kier alpha value is -0.830. The van der Waals surface area contributed by atoms with Gasteiger partial charge in [-0.25, -0.2) is 0 Å². The van der Waals surface area contributed by atoms with Crippen LogP contribution in [0.3, 0.4) is 0 Å². The lowest BCUT2D eigenvalue weighted by Gasteiger charge is -2.16. The zero-order valence-corrected chi connectivity index (χ0v) is 9.33. The van der Waals surface area contributed by atoms with Crippen molar-refractivity contribution in [3.05, 3.63) is 40.9 Å². The zero-order valence-electron chi connectivity index (χ0n) is 8.57. The number of hydrogen-bond acceptors (Lipinski definition) is 2.